The number of anilines is 1. The topological polar surface area (TPSA) is 61.4 Å². The van der Waals surface area contributed by atoms with Gasteiger partial charge in [-0.15, -0.1) is 0 Å². The first-order valence-electron chi connectivity index (χ1n) is 6.48. The predicted molar refractivity (Wildman–Crippen MR) is 73.9 cm³/mol. The Morgan fingerprint density at radius 1 is 1.33 bits per heavy atom. The van der Waals surface area contributed by atoms with E-state index in [1.165, 1.54) is 0 Å². The summed E-state index contributed by atoms with van der Waals surface area (Å²) in [6.07, 6.45) is 1.14. The number of aliphatic hydroxyl groups is 1. The van der Waals surface area contributed by atoms with Crippen molar-refractivity contribution in [2.75, 3.05) is 18.4 Å². The molecule has 0 spiro atoms. The maximum atomic E-state index is 12.0. The van der Waals surface area contributed by atoms with Crippen LogP contribution in [0.1, 0.15) is 37.0 Å². The average Bonchev–Trinajstić information content (AvgIpc) is 2.37. The van der Waals surface area contributed by atoms with Crippen LogP contribution >= 0.6 is 0 Å². The highest BCUT2D eigenvalue weighted by Crippen LogP contribution is 2.14. The lowest BCUT2D eigenvalue weighted by molar-refractivity contribution is 0.0911. The van der Waals surface area contributed by atoms with Gasteiger partial charge in [0.1, 0.15) is 0 Å². The van der Waals surface area contributed by atoms with Crippen LogP contribution in [-0.4, -0.2) is 30.2 Å². The van der Waals surface area contributed by atoms with Crippen LogP contribution in [0.4, 0.5) is 5.69 Å². The molecule has 1 atom stereocenters. The normalized spacial score (nSPS) is 11.9. The molecule has 1 aromatic carbocycles. The number of carbonyl (C=O) groups is 1. The fourth-order valence-electron chi connectivity index (χ4n) is 1.77. The molecule has 0 radical (unpaired) electrons. The molecule has 0 bridgehead atoms. The van der Waals surface area contributed by atoms with Crippen molar-refractivity contribution < 1.29 is 9.90 Å². The van der Waals surface area contributed by atoms with Gasteiger partial charge < -0.3 is 15.7 Å². The van der Waals surface area contributed by atoms with Gasteiger partial charge in [-0.2, -0.15) is 0 Å². The van der Waals surface area contributed by atoms with E-state index in [1.807, 2.05) is 32.0 Å². The Balaban J connectivity index is 2.60. The molecule has 100 valence electrons. The third-order valence-electron chi connectivity index (χ3n) is 2.66. The van der Waals surface area contributed by atoms with Crippen LogP contribution in [-0.2, 0) is 0 Å². The second kappa shape index (κ2) is 7.71. The quantitative estimate of drug-likeness (QED) is 0.693. The number of hydrogen-bond donors (Lipinski definition) is 3. The summed E-state index contributed by atoms with van der Waals surface area (Å²) >= 11 is 0. The molecule has 0 aliphatic carbocycles. The molecule has 1 aromatic rings. The number of para-hydroxylation sites is 1. The Morgan fingerprint density at radius 3 is 2.72 bits per heavy atom. The van der Waals surface area contributed by atoms with Crippen molar-refractivity contribution in [1.29, 1.82) is 0 Å². The molecule has 0 heterocycles. The van der Waals surface area contributed by atoms with Crippen LogP contribution in [0.2, 0.25) is 0 Å². The van der Waals surface area contributed by atoms with Crippen LogP contribution in [0.25, 0.3) is 0 Å². The van der Waals surface area contributed by atoms with Gasteiger partial charge in [-0.25, -0.2) is 0 Å². The molecule has 0 aromatic heterocycles. The largest absolute Gasteiger partial charge is 0.391 e. The number of rotatable bonds is 7. The van der Waals surface area contributed by atoms with Crippen molar-refractivity contribution in [2.45, 2.75) is 32.8 Å². The summed E-state index contributed by atoms with van der Waals surface area (Å²) in [5.74, 6) is -0.151. The fourth-order valence-corrected chi connectivity index (χ4v) is 1.77. The molecule has 3 N–H and O–H groups in total. The van der Waals surface area contributed by atoms with Crippen molar-refractivity contribution in [2.24, 2.45) is 0 Å². The molecule has 4 nitrogen and oxygen atoms in total. The van der Waals surface area contributed by atoms with Crippen molar-refractivity contribution in [1.82, 2.24) is 5.32 Å². The summed E-state index contributed by atoms with van der Waals surface area (Å²) < 4.78 is 0. The van der Waals surface area contributed by atoms with Crippen LogP contribution in [0.15, 0.2) is 24.3 Å². The number of nitrogens with one attached hydrogen (secondary N) is 2. The lowest BCUT2D eigenvalue weighted by Gasteiger charge is -2.13. The minimum Gasteiger partial charge on any atom is -0.391 e. The standard InChI is InChI=1S/C14H22N2O2/c1-3-7-11(17)10-16-14(18)12-8-5-6-9-13(12)15-4-2/h5-6,8-9,11,15,17H,3-4,7,10H2,1-2H3,(H,16,18). The first-order valence-corrected chi connectivity index (χ1v) is 6.48. The van der Waals surface area contributed by atoms with Gasteiger partial charge in [-0.05, 0) is 25.5 Å². The SMILES string of the molecule is CCCC(O)CNC(=O)c1ccccc1NCC. The van der Waals surface area contributed by atoms with E-state index in [9.17, 15) is 9.90 Å². The maximum absolute atomic E-state index is 12.0. The van der Waals surface area contributed by atoms with E-state index >= 15 is 0 Å². The van der Waals surface area contributed by atoms with Crippen molar-refractivity contribution in [3.63, 3.8) is 0 Å². The van der Waals surface area contributed by atoms with Crippen molar-refractivity contribution >= 4 is 11.6 Å². The fraction of sp³-hybridized carbons (Fsp3) is 0.500. The summed E-state index contributed by atoms with van der Waals surface area (Å²) in [5.41, 5.74) is 1.44. The molecule has 1 amide bonds. The Bertz CT molecular complexity index is 380. The van der Waals surface area contributed by atoms with E-state index in [-0.39, 0.29) is 5.91 Å². The van der Waals surface area contributed by atoms with E-state index < -0.39 is 6.10 Å². The van der Waals surface area contributed by atoms with Gasteiger partial charge in [0.05, 0.1) is 11.7 Å². The zero-order chi connectivity index (χ0) is 13.4. The highest BCUT2D eigenvalue weighted by atomic mass is 16.3. The molecule has 0 fully saturated rings. The van der Waals surface area contributed by atoms with Crippen molar-refractivity contribution in [3.05, 3.63) is 29.8 Å². The van der Waals surface area contributed by atoms with E-state index in [0.29, 0.717) is 18.5 Å². The lowest BCUT2D eigenvalue weighted by Crippen LogP contribution is -2.32. The number of hydrogen-bond acceptors (Lipinski definition) is 3. The molecular formula is C14H22N2O2. The van der Waals surface area contributed by atoms with E-state index in [4.69, 9.17) is 0 Å². The van der Waals surface area contributed by atoms with Crippen LogP contribution in [0, 0.1) is 0 Å². The molecule has 0 aliphatic heterocycles. The highest BCUT2D eigenvalue weighted by Gasteiger charge is 2.11. The van der Waals surface area contributed by atoms with Crippen LogP contribution < -0.4 is 10.6 Å². The van der Waals surface area contributed by atoms with E-state index in [2.05, 4.69) is 10.6 Å². The summed E-state index contributed by atoms with van der Waals surface area (Å²) in [5, 5.41) is 15.5. The second-order valence-electron chi connectivity index (χ2n) is 4.23. The first-order chi connectivity index (χ1) is 8.69. The van der Waals surface area contributed by atoms with Gasteiger partial charge in [0, 0.05) is 18.8 Å². The Hall–Kier alpha value is -1.55. The zero-order valence-electron chi connectivity index (χ0n) is 11.1. The Kier molecular flexibility index (Phi) is 6.22. The average molecular weight is 250 g/mol. The van der Waals surface area contributed by atoms with E-state index in [1.54, 1.807) is 6.07 Å². The molecule has 0 aliphatic rings. The van der Waals surface area contributed by atoms with Gasteiger partial charge in [-0.3, -0.25) is 4.79 Å². The van der Waals surface area contributed by atoms with Crippen LogP contribution in [0.5, 0.6) is 0 Å². The molecular weight excluding hydrogens is 228 g/mol. The Morgan fingerprint density at radius 2 is 2.06 bits per heavy atom. The molecule has 0 saturated heterocycles. The molecule has 18 heavy (non-hydrogen) atoms. The van der Waals surface area contributed by atoms with Gasteiger partial charge in [-0.1, -0.05) is 25.5 Å². The highest BCUT2D eigenvalue weighted by molar-refractivity contribution is 5.99. The molecule has 1 rings (SSSR count). The summed E-state index contributed by atoms with van der Waals surface area (Å²) in [6.45, 7) is 5.06. The molecule has 1 unspecified atom stereocenters. The van der Waals surface area contributed by atoms with Gasteiger partial charge in [0.15, 0.2) is 0 Å². The smallest absolute Gasteiger partial charge is 0.253 e. The first kappa shape index (κ1) is 14.5. The van der Waals surface area contributed by atoms with Gasteiger partial charge >= 0.3 is 0 Å². The maximum Gasteiger partial charge on any atom is 0.253 e. The third kappa shape index (κ3) is 4.37. The van der Waals surface area contributed by atoms with Gasteiger partial charge in [0.25, 0.3) is 5.91 Å². The van der Waals surface area contributed by atoms with E-state index in [0.717, 1.165) is 18.7 Å². The number of amides is 1. The minimum absolute atomic E-state index is 0.151. The second-order valence-corrected chi connectivity index (χ2v) is 4.23. The lowest BCUT2D eigenvalue weighted by atomic mass is 10.1. The summed E-state index contributed by atoms with van der Waals surface area (Å²) in [7, 11) is 0. The predicted octanol–water partition coefficient (Wildman–Crippen LogP) is 2.01. The summed E-state index contributed by atoms with van der Waals surface area (Å²) in [4.78, 5) is 12.0. The van der Waals surface area contributed by atoms with Crippen molar-refractivity contribution in [3.8, 4) is 0 Å². The minimum atomic E-state index is -0.467. The Labute approximate surface area is 108 Å². The zero-order valence-corrected chi connectivity index (χ0v) is 11.1. The number of benzene rings is 1. The monoisotopic (exact) mass is 250 g/mol. The van der Waals surface area contributed by atoms with Crippen LogP contribution in [0.3, 0.4) is 0 Å². The van der Waals surface area contributed by atoms with Gasteiger partial charge in [0.2, 0.25) is 0 Å². The molecule has 0 saturated carbocycles. The number of aliphatic hydroxyl groups excluding tert-OH is 1. The third-order valence-corrected chi connectivity index (χ3v) is 2.66. The molecule has 4 heteroatoms. The summed E-state index contributed by atoms with van der Waals surface area (Å²) in [6, 6.07) is 7.37. The number of carbonyl (C=O) groups excluding carboxylic acids is 1.